The molecule has 1 unspecified atom stereocenters. The molecule has 1 aromatic rings. The predicted octanol–water partition coefficient (Wildman–Crippen LogP) is 2.31. The first-order chi connectivity index (χ1) is 9.38. The lowest BCUT2D eigenvalue weighted by Crippen LogP contribution is -2.52. The lowest BCUT2D eigenvalue weighted by atomic mass is 10.0. The number of nitrogens with zero attached hydrogens (tertiary/aromatic N) is 1. The average molecular weight is 261 g/mol. The minimum absolute atomic E-state index is 0.337. The molecule has 0 bridgehead atoms. The van der Waals surface area contributed by atoms with E-state index in [2.05, 4.69) is 35.2 Å². The fraction of sp³-hybridized carbons (Fsp3) is 0.625. The highest BCUT2D eigenvalue weighted by Crippen LogP contribution is 2.37. The van der Waals surface area contributed by atoms with E-state index in [4.69, 9.17) is 9.47 Å². The largest absolute Gasteiger partial charge is 0.379 e. The van der Waals surface area contributed by atoms with Crippen LogP contribution in [0.2, 0.25) is 0 Å². The van der Waals surface area contributed by atoms with E-state index in [0.29, 0.717) is 12.1 Å². The highest BCUT2D eigenvalue weighted by atomic mass is 16.5. The van der Waals surface area contributed by atoms with Crippen molar-refractivity contribution in [1.29, 1.82) is 0 Å². The van der Waals surface area contributed by atoms with Crippen molar-refractivity contribution in [3.8, 4) is 0 Å². The molecule has 1 aliphatic heterocycles. The van der Waals surface area contributed by atoms with E-state index < -0.39 is 0 Å². The van der Waals surface area contributed by atoms with Crippen molar-refractivity contribution in [2.24, 2.45) is 5.92 Å². The summed E-state index contributed by atoms with van der Waals surface area (Å²) < 4.78 is 11.4. The fourth-order valence-electron chi connectivity index (χ4n) is 3.06. The molecule has 2 fully saturated rings. The molecular weight excluding hydrogens is 238 g/mol. The zero-order valence-electron chi connectivity index (χ0n) is 11.6. The Balaban J connectivity index is 1.69. The Morgan fingerprint density at radius 1 is 1.32 bits per heavy atom. The summed E-state index contributed by atoms with van der Waals surface area (Å²) in [4.78, 5) is 2.53. The summed E-state index contributed by atoms with van der Waals surface area (Å²) in [5.74, 6) is 0.745. The zero-order chi connectivity index (χ0) is 13.1. The van der Waals surface area contributed by atoms with E-state index in [-0.39, 0.29) is 0 Å². The Bertz CT molecular complexity index is 391. The van der Waals surface area contributed by atoms with Crippen LogP contribution in [0.5, 0.6) is 0 Å². The molecule has 0 amide bonds. The quantitative estimate of drug-likeness (QED) is 0.812. The Kier molecular flexibility index (Phi) is 4.16. The van der Waals surface area contributed by atoms with Gasteiger partial charge in [-0.05, 0) is 24.3 Å². The molecule has 2 aliphatic rings. The number of morpholine rings is 1. The van der Waals surface area contributed by atoms with Gasteiger partial charge >= 0.3 is 0 Å². The Morgan fingerprint density at radius 3 is 2.79 bits per heavy atom. The predicted molar refractivity (Wildman–Crippen MR) is 75.0 cm³/mol. The molecule has 0 radical (unpaired) electrons. The fourth-order valence-corrected chi connectivity index (χ4v) is 3.06. The maximum Gasteiger partial charge on any atom is 0.0777 e. The van der Waals surface area contributed by atoms with Crippen LogP contribution in [0.15, 0.2) is 30.3 Å². The van der Waals surface area contributed by atoms with Crippen molar-refractivity contribution in [2.45, 2.75) is 31.5 Å². The molecule has 3 rings (SSSR count). The van der Waals surface area contributed by atoms with Crippen molar-refractivity contribution < 1.29 is 9.47 Å². The van der Waals surface area contributed by atoms with Gasteiger partial charge in [0.2, 0.25) is 0 Å². The SMILES string of the molecule is CO[C@@H](C1CC1)C1COCCN1Cc1ccccc1. The summed E-state index contributed by atoms with van der Waals surface area (Å²) in [6.07, 6.45) is 2.96. The Hall–Kier alpha value is -0.900. The minimum atomic E-state index is 0.337. The van der Waals surface area contributed by atoms with Gasteiger partial charge in [-0.25, -0.2) is 0 Å². The van der Waals surface area contributed by atoms with Gasteiger partial charge in [-0.15, -0.1) is 0 Å². The van der Waals surface area contributed by atoms with Gasteiger partial charge in [0.05, 0.1) is 25.4 Å². The number of methoxy groups -OCH3 is 1. The van der Waals surface area contributed by atoms with Crippen LogP contribution in [0.25, 0.3) is 0 Å². The topological polar surface area (TPSA) is 21.7 Å². The van der Waals surface area contributed by atoms with Gasteiger partial charge in [-0.1, -0.05) is 30.3 Å². The van der Waals surface area contributed by atoms with Crippen LogP contribution in [0, 0.1) is 5.92 Å². The standard InChI is InChI=1S/C16H23NO2/c1-18-16(14-7-8-14)15-12-19-10-9-17(15)11-13-5-3-2-4-6-13/h2-6,14-16H,7-12H2,1H3/t15?,16-/m0/s1. The van der Waals surface area contributed by atoms with Gasteiger partial charge in [0, 0.05) is 20.2 Å². The molecule has 19 heavy (non-hydrogen) atoms. The van der Waals surface area contributed by atoms with E-state index in [1.54, 1.807) is 0 Å². The lowest BCUT2D eigenvalue weighted by Gasteiger charge is -2.39. The van der Waals surface area contributed by atoms with Gasteiger partial charge < -0.3 is 9.47 Å². The normalized spacial score (nSPS) is 26.3. The van der Waals surface area contributed by atoms with E-state index in [1.807, 2.05) is 7.11 Å². The molecular formula is C16H23NO2. The van der Waals surface area contributed by atoms with Crippen molar-refractivity contribution >= 4 is 0 Å². The maximum atomic E-state index is 5.76. The number of hydrogen-bond donors (Lipinski definition) is 0. The Labute approximate surface area is 115 Å². The summed E-state index contributed by atoms with van der Waals surface area (Å²) in [7, 11) is 1.85. The average Bonchev–Trinajstić information content (AvgIpc) is 3.27. The summed E-state index contributed by atoms with van der Waals surface area (Å²) in [5, 5.41) is 0. The van der Waals surface area contributed by atoms with Gasteiger partial charge in [-0.3, -0.25) is 4.90 Å². The molecule has 3 heteroatoms. The van der Waals surface area contributed by atoms with Crippen LogP contribution in [0.3, 0.4) is 0 Å². The van der Waals surface area contributed by atoms with Crippen molar-refractivity contribution in [1.82, 2.24) is 4.90 Å². The molecule has 2 atom stereocenters. The molecule has 0 N–H and O–H groups in total. The van der Waals surface area contributed by atoms with E-state index in [9.17, 15) is 0 Å². The monoisotopic (exact) mass is 261 g/mol. The number of ether oxygens (including phenoxy) is 2. The van der Waals surface area contributed by atoms with Crippen LogP contribution in [0.4, 0.5) is 0 Å². The summed E-state index contributed by atoms with van der Waals surface area (Å²) in [6.45, 7) is 3.65. The molecule has 1 heterocycles. The van der Waals surface area contributed by atoms with Crippen molar-refractivity contribution in [3.05, 3.63) is 35.9 Å². The van der Waals surface area contributed by atoms with Crippen molar-refractivity contribution in [3.63, 3.8) is 0 Å². The second-order valence-corrected chi connectivity index (χ2v) is 5.64. The Morgan fingerprint density at radius 2 is 2.11 bits per heavy atom. The first-order valence-electron chi connectivity index (χ1n) is 7.27. The molecule has 1 saturated heterocycles. The maximum absolute atomic E-state index is 5.76. The highest BCUT2D eigenvalue weighted by molar-refractivity contribution is 5.15. The van der Waals surface area contributed by atoms with Crippen LogP contribution in [-0.2, 0) is 16.0 Å². The number of rotatable bonds is 5. The first-order valence-corrected chi connectivity index (χ1v) is 7.27. The first kappa shape index (κ1) is 13.1. The molecule has 1 aliphatic carbocycles. The van der Waals surface area contributed by atoms with E-state index >= 15 is 0 Å². The van der Waals surface area contributed by atoms with E-state index in [1.165, 1.54) is 18.4 Å². The number of hydrogen-bond acceptors (Lipinski definition) is 3. The molecule has 0 spiro atoms. The van der Waals surface area contributed by atoms with Gasteiger partial charge in [-0.2, -0.15) is 0 Å². The smallest absolute Gasteiger partial charge is 0.0777 e. The van der Waals surface area contributed by atoms with Crippen LogP contribution in [-0.4, -0.2) is 43.9 Å². The molecule has 104 valence electrons. The zero-order valence-corrected chi connectivity index (χ0v) is 11.6. The van der Waals surface area contributed by atoms with Crippen molar-refractivity contribution in [2.75, 3.05) is 26.9 Å². The second kappa shape index (κ2) is 6.04. The van der Waals surface area contributed by atoms with Gasteiger partial charge in [0.15, 0.2) is 0 Å². The third-order valence-corrected chi connectivity index (χ3v) is 4.25. The highest BCUT2D eigenvalue weighted by Gasteiger charge is 2.40. The summed E-state index contributed by atoms with van der Waals surface area (Å²) >= 11 is 0. The third kappa shape index (κ3) is 3.16. The van der Waals surface area contributed by atoms with Crippen LogP contribution in [0.1, 0.15) is 18.4 Å². The van der Waals surface area contributed by atoms with Crippen LogP contribution >= 0.6 is 0 Å². The number of benzene rings is 1. The van der Waals surface area contributed by atoms with Gasteiger partial charge in [0.1, 0.15) is 0 Å². The summed E-state index contributed by atoms with van der Waals surface area (Å²) in [6, 6.07) is 11.1. The molecule has 3 nitrogen and oxygen atoms in total. The van der Waals surface area contributed by atoms with Gasteiger partial charge in [0.25, 0.3) is 0 Å². The third-order valence-electron chi connectivity index (χ3n) is 4.25. The lowest BCUT2D eigenvalue weighted by molar-refractivity contribution is -0.0809. The van der Waals surface area contributed by atoms with E-state index in [0.717, 1.165) is 32.2 Å². The molecule has 0 aromatic heterocycles. The van der Waals surface area contributed by atoms with Crippen LogP contribution < -0.4 is 0 Å². The second-order valence-electron chi connectivity index (χ2n) is 5.64. The molecule has 1 aromatic carbocycles. The minimum Gasteiger partial charge on any atom is -0.379 e. The summed E-state index contributed by atoms with van der Waals surface area (Å²) in [5.41, 5.74) is 1.38. The molecule has 1 saturated carbocycles.